The van der Waals surface area contributed by atoms with E-state index in [1.54, 1.807) is 6.92 Å². The molecule has 1 aromatic rings. The van der Waals surface area contributed by atoms with E-state index in [4.69, 9.17) is 10.2 Å². The van der Waals surface area contributed by atoms with Crippen LogP contribution in [-0.2, 0) is 16.6 Å². The van der Waals surface area contributed by atoms with Crippen molar-refractivity contribution in [2.45, 2.75) is 20.0 Å². The first-order valence-electron chi connectivity index (χ1n) is 5.37. The van der Waals surface area contributed by atoms with Gasteiger partial charge in [-0.25, -0.2) is 13.2 Å². The lowest BCUT2D eigenvalue weighted by Crippen LogP contribution is -2.18. The van der Waals surface area contributed by atoms with Crippen molar-refractivity contribution in [3.63, 3.8) is 0 Å². The predicted octanol–water partition coefficient (Wildman–Crippen LogP) is 1.03. The topological polar surface area (TPSA) is 104 Å². The van der Waals surface area contributed by atoms with Crippen molar-refractivity contribution in [1.82, 2.24) is 0 Å². The molecule has 0 aliphatic rings. The summed E-state index contributed by atoms with van der Waals surface area (Å²) in [5.41, 5.74) is 0.267. The number of hydrogen-bond donors (Lipinski definition) is 3. The lowest BCUT2D eigenvalue weighted by atomic mass is 10.1. The van der Waals surface area contributed by atoms with E-state index in [2.05, 4.69) is 4.72 Å². The number of carboxylic acids is 1. The van der Waals surface area contributed by atoms with Gasteiger partial charge >= 0.3 is 5.97 Å². The zero-order valence-corrected chi connectivity index (χ0v) is 10.7. The van der Waals surface area contributed by atoms with Gasteiger partial charge in [0.05, 0.1) is 23.6 Å². The van der Waals surface area contributed by atoms with Gasteiger partial charge in [0.25, 0.3) is 0 Å². The Morgan fingerprint density at radius 3 is 2.56 bits per heavy atom. The van der Waals surface area contributed by atoms with Gasteiger partial charge < -0.3 is 10.2 Å². The van der Waals surface area contributed by atoms with Crippen LogP contribution in [0.3, 0.4) is 0 Å². The Morgan fingerprint density at radius 2 is 2.06 bits per heavy atom. The molecule has 7 heteroatoms. The molecule has 3 N–H and O–H groups in total. The molecule has 0 saturated carbocycles. The van der Waals surface area contributed by atoms with Gasteiger partial charge in [0, 0.05) is 0 Å². The zero-order valence-electron chi connectivity index (χ0n) is 9.88. The first-order valence-corrected chi connectivity index (χ1v) is 7.02. The molecule has 0 atom stereocenters. The van der Waals surface area contributed by atoms with Crippen LogP contribution in [0.25, 0.3) is 0 Å². The van der Waals surface area contributed by atoms with Crippen LogP contribution >= 0.6 is 0 Å². The summed E-state index contributed by atoms with van der Waals surface area (Å²) in [5, 5.41) is 17.9. The van der Waals surface area contributed by atoms with Gasteiger partial charge in [-0.15, -0.1) is 0 Å². The van der Waals surface area contributed by atoms with E-state index >= 15 is 0 Å². The molecule has 0 unspecified atom stereocenters. The summed E-state index contributed by atoms with van der Waals surface area (Å²) in [7, 11) is -3.56. The Labute approximate surface area is 105 Å². The number of aliphatic hydroxyl groups is 1. The molecule has 0 aromatic heterocycles. The number of nitrogens with one attached hydrogen (secondary N) is 1. The molecule has 0 radical (unpaired) electrons. The number of aliphatic hydroxyl groups excluding tert-OH is 1. The Balaban J connectivity index is 3.16. The molecule has 0 fully saturated rings. The molecule has 0 bridgehead atoms. The minimum absolute atomic E-state index is 0.0255. The van der Waals surface area contributed by atoms with Crippen LogP contribution in [-0.4, -0.2) is 30.4 Å². The summed E-state index contributed by atoms with van der Waals surface area (Å²) in [6, 6.07) is 4.01. The Bertz CT molecular complexity index is 538. The summed E-state index contributed by atoms with van der Waals surface area (Å²) >= 11 is 0. The maximum Gasteiger partial charge on any atom is 0.337 e. The molecule has 6 nitrogen and oxygen atoms in total. The lowest BCUT2D eigenvalue weighted by molar-refractivity contribution is 0.0698. The van der Waals surface area contributed by atoms with Gasteiger partial charge in [-0.3, -0.25) is 4.72 Å². The maximum atomic E-state index is 11.6. The third-order valence-corrected chi connectivity index (χ3v) is 3.71. The fourth-order valence-corrected chi connectivity index (χ4v) is 2.59. The van der Waals surface area contributed by atoms with Crippen LogP contribution in [0.5, 0.6) is 0 Å². The van der Waals surface area contributed by atoms with Gasteiger partial charge in [0.1, 0.15) is 0 Å². The Morgan fingerprint density at radius 1 is 1.39 bits per heavy atom. The van der Waals surface area contributed by atoms with Crippen LogP contribution < -0.4 is 4.72 Å². The summed E-state index contributed by atoms with van der Waals surface area (Å²) in [6.07, 6.45) is 0.428. The summed E-state index contributed by atoms with van der Waals surface area (Å²) in [4.78, 5) is 11.0. The highest BCUT2D eigenvalue weighted by atomic mass is 32.2. The number of carboxylic acid groups (broad SMARTS) is 1. The molecule has 0 aliphatic heterocycles. The predicted molar refractivity (Wildman–Crippen MR) is 67.0 cm³/mol. The van der Waals surface area contributed by atoms with E-state index in [-0.39, 0.29) is 23.6 Å². The molecule has 1 aromatic carbocycles. The van der Waals surface area contributed by atoms with E-state index in [1.807, 2.05) is 0 Å². The van der Waals surface area contributed by atoms with Crippen molar-refractivity contribution in [3.8, 4) is 0 Å². The molecule has 0 spiro atoms. The lowest BCUT2D eigenvalue weighted by Gasteiger charge is -2.11. The second-order valence-corrected chi connectivity index (χ2v) is 5.61. The second kappa shape index (κ2) is 5.83. The largest absolute Gasteiger partial charge is 0.478 e. The second-order valence-electron chi connectivity index (χ2n) is 3.76. The summed E-state index contributed by atoms with van der Waals surface area (Å²) in [5.74, 6) is -1.32. The fourth-order valence-electron chi connectivity index (χ4n) is 1.45. The standard InChI is InChI=1S/C11H15NO5S/c1-2-5-18(16,17)12-10-6-8(7-13)3-4-9(10)11(14)15/h3-4,6,12-13H,2,5,7H2,1H3,(H,14,15). The van der Waals surface area contributed by atoms with Crippen LogP contribution in [0.1, 0.15) is 29.3 Å². The number of benzene rings is 1. The highest BCUT2D eigenvalue weighted by Gasteiger charge is 2.16. The van der Waals surface area contributed by atoms with Crippen LogP contribution in [0, 0.1) is 0 Å². The first kappa shape index (κ1) is 14.5. The average molecular weight is 273 g/mol. The number of hydrogen-bond acceptors (Lipinski definition) is 4. The Kier molecular flexibility index (Phi) is 4.69. The number of anilines is 1. The molecular weight excluding hydrogens is 258 g/mol. The molecule has 0 heterocycles. The molecule has 100 valence electrons. The zero-order chi connectivity index (χ0) is 13.8. The molecule has 18 heavy (non-hydrogen) atoms. The van der Waals surface area contributed by atoms with Crippen LogP contribution in [0.15, 0.2) is 18.2 Å². The molecular formula is C11H15NO5S. The van der Waals surface area contributed by atoms with Gasteiger partial charge in [-0.1, -0.05) is 13.0 Å². The van der Waals surface area contributed by atoms with Crippen LogP contribution in [0.4, 0.5) is 5.69 Å². The quantitative estimate of drug-likeness (QED) is 0.718. The molecule has 0 aliphatic carbocycles. The van der Waals surface area contributed by atoms with E-state index in [9.17, 15) is 13.2 Å². The van der Waals surface area contributed by atoms with E-state index in [1.165, 1.54) is 18.2 Å². The molecule has 0 amide bonds. The minimum Gasteiger partial charge on any atom is -0.478 e. The monoisotopic (exact) mass is 273 g/mol. The highest BCUT2D eigenvalue weighted by Crippen LogP contribution is 2.19. The third kappa shape index (κ3) is 3.71. The van der Waals surface area contributed by atoms with Gasteiger partial charge in [0.2, 0.25) is 10.0 Å². The first-order chi connectivity index (χ1) is 8.39. The molecule has 1 rings (SSSR count). The number of aromatic carboxylic acids is 1. The maximum absolute atomic E-state index is 11.6. The van der Waals surface area contributed by atoms with Gasteiger partial charge in [-0.05, 0) is 24.1 Å². The molecule has 0 saturated heterocycles. The summed E-state index contributed by atoms with van der Waals surface area (Å²) in [6.45, 7) is 1.42. The van der Waals surface area contributed by atoms with Crippen molar-refractivity contribution in [1.29, 1.82) is 0 Å². The Hall–Kier alpha value is -1.60. The van der Waals surface area contributed by atoms with Gasteiger partial charge in [-0.2, -0.15) is 0 Å². The van der Waals surface area contributed by atoms with E-state index in [0.29, 0.717) is 12.0 Å². The van der Waals surface area contributed by atoms with Crippen molar-refractivity contribution in [2.75, 3.05) is 10.5 Å². The van der Waals surface area contributed by atoms with Crippen molar-refractivity contribution >= 4 is 21.7 Å². The third-order valence-electron chi connectivity index (χ3n) is 2.24. The SMILES string of the molecule is CCCS(=O)(=O)Nc1cc(CO)ccc1C(=O)O. The highest BCUT2D eigenvalue weighted by molar-refractivity contribution is 7.92. The van der Waals surface area contributed by atoms with Crippen molar-refractivity contribution in [2.24, 2.45) is 0 Å². The van der Waals surface area contributed by atoms with Crippen LogP contribution in [0.2, 0.25) is 0 Å². The number of sulfonamides is 1. The average Bonchev–Trinajstić information content (AvgIpc) is 2.27. The minimum atomic E-state index is -3.56. The number of rotatable bonds is 6. The smallest absolute Gasteiger partial charge is 0.337 e. The van der Waals surface area contributed by atoms with Crippen molar-refractivity contribution in [3.05, 3.63) is 29.3 Å². The normalized spacial score (nSPS) is 11.2. The van der Waals surface area contributed by atoms with E-state index < -0.39 is 16.0 Å². The fraction of sp³-hybridized carbons (Fsp3) is 0.364. The van der Waals surface area contributed by atoms with Gasteiger partial charge in [0.15, 0.2) is 0 Å². The van der Waals surface area contributed by atoms with Crippen molar-refractivity contribution < 1.29 is 23.4 Å². The number of carbonyl (C=O) groups is 1. The van der Waals surface area contributed by atoms with E-state index in [0.717, 1.165) is 0 Å². The summed E-state index contributed by atoms with van der Waals surface area (Å²) < 4.78 is 25.4.